The minimum Gasteiger partial charge on any atom is -0.479 e. The predicted octanol–water partition coefficient (Wildman–Crippen LogP) is -0.367. The Morgan fingerprint density at radius 3 is 2.51 bits per heavy atom. The van der Waals surface area contributed by atoms with Crippen LogP contribution in [0.1, 0.15) is 6.42 Å². The average Bonchev–Trinajstić information content (AvgIpc) is 3.25. The number of aliphatic carboxylic acids is 1. The number of benzene rings is 1. The zero-order valence-corrected chi connectivity index (χ0v) is 21.7. The van der Waals surface area contributed by atoms with E-state index in [4.69, 9.17) is 21.1 Å². The Morgan fingerprint density at radius 1 is 1.05 bits per heavy atom. The van der Waals surface area contributed by atoms with Gasteiger partial charge in [0.25, 0.3) is 0 Å². The highest BCUT2D eigenvalue weighted by Crippen LogP contribution is 2.33. The van der Waals surface area contributed by atoms with E-state index >= 15 is 0 Å². The largest absolute Gasteiger partial charge is 0.479 e. The zero-order chi connectivity index (χ0) is 27.7. The molecule has 210 valence electrons. The number of pyridine rings is 1. The van der Waals surface area contributed by atoms with Crippen molar-refractivity contribution in [3.63, 3.8) is 0 Å². The number of nitrogens with zero attached hydrogens (tertiary/aromatic N) is 5. The molecule has 0 radical (unpaired) electrons. The zero-order valence-electron chi connectivity index (χ0n) is 20.9. The maximum Gasteiger partial charge on any atom is 0.350 e. The van der Waals surface area contributed by atoms with Crippen LogP contribution in [-0.2, 0) is 16.1 Å². The van der Waals surface area contributed by atoms with Gasteiger partial charge < -0.3 is 34.8 Å². The molecule has 1 aromatic carbocycles. The van der Waals surface area contributed by atoms with Crippen molar-refractivity contribution < 1.29 is 34.7 Å². The summed E-state index contributed by atoms with van der Waals surface area (Å²) in [7, 11) is 0. The second kappa shape index (κ2) is 11.5. The molecule has 2 saturated heterocycles. The average molecular weight is 564 g/mol. The minimum atomic E-state index is -1.80. The summed E-state index contributed by atoms with van der Waals surface area (Å²) in [6.45, 7) is 4.56. The summed E-state index contributed by atoms with van der Waals surface area (Å²) in [5, 5.41) is 43.8. The molecule has 2 aliphatic heterocycles. The lowest BCUT2D eigenvalue weighted by molar-refractivity contribution is -0.271. The first-order valence-corrected chi connectivity index (χ1v) is 13.0. The second-order valence-corrected chi connectivity index (χ2v) is 9.99. The molecular formula is C25H30ClN5O8. The number of halogens is 1. The van der Waals surface area contributed by atoms with Crippen LogP contribution >= 0.6 is 11.6 Å². The smallest absolute Gasteiger partial charge is 0.350 e. The molecule has 13 nitrogen and oxygen atoms in total. The van der Waals surface area contributed by atoms with E-state index in [1.807, 2.05) is 6.07 Å². The van der Waals surface area contributed by atoms with Crippen LogP contribution in [0.4, 0.5) is 5.69 Å². The Hall–Kier alpha value is -3.20. The van der Waals surface area contributed by atoms with Crippen LogP contribution in [0.2, 0.25) is 5.02 Å². The predicted molar refractivity (Wildman–Crippen MR) is 139 cm³/mol. The van der Waals surface area contributed by atoms with E-state index in [0.29, 0.717) is 12.2 Å². The summed E-state index contributed by atoms with van der Waals surface area (Å²) < 4.78 is 13.8. The molecule has 39 heavy (non-hydrogen) atoms. The quantitative estimate of drug-likeness (QED) is 0.283. The van der Waals surface area contributed by atoms with Gasteiger partial charge in [-0.15, -0.1) is 5.10 Å². The maximum atomic E-state index is 12.4. The first-order chi connectivity index (χ1) is 18.7. The highest BCUT2D eigenvalue weighted by Gasteiger charge is 2.48. The molecule has 0 bridgehead atoms. The molecule has 0 amide bonds. The fraction of sp³-hybridized carbons (Fsp3) is 0.480. The molecule has 0 aliphatic carbocycles. The van der Waals surface area contributed by atoms with E-state index in [2.05, 4.69) is 14.9 Å². The topological polar surface area (TPSA) is 162 Å². The molecule has 5 rings (SSSR count). The van der Waals surface area contributed by atoms with Crippen molar-refractivity contribution >= 4 is 28.9 Å². The van der Waals surface area contributed by atoms with E-state index < -0.39 is 36.7 Å². The van der Waals surface area contributed by atoms with E-state index in [9.17, 15) is 30.0 Å². The lowest BCUT2D eigenvalue weighted by Crippen LogP contribution is -2.61. The molecule has 4 heterocycles. The Labute approximate surface area is 228 Å². The van der Waals surface area contributed by atoms with Crippen LogP contribution in [0.5, 0.6) is 5.75 Å². The number of aliphatic hydroxyl groups is 3. The maximum absolute atomic E-state index is 12.4. The highest BCUT2D eigenvalue weighted by atomic mass is 35.5. The minimum absolute atomic E-state index is 0.137. The number of rotatable bonds is 8. The highest BCUT2D eigenvalue weighted by molar-refractivity contribution is 6.32. The molecule has 2 fully saturated rings. The molecule has 2 aliphatic rings. The number of carbonyl (C=O) groups is 1. The Morgan fingerprint density at radius 2 is 1.82 bits per heavy atom. The fourth-order valence-electron chi connectivity index (χ4n) is 4.84. The van der Waals surface area contributed by atoms with Crippen LogP contribution in [0.25, 0.3) is 5.65 Å². The summed E-state index contributed by atoms with van der Waals surface area (Å²) in [6, 6.07) is 10.5. The number of anilines is 1. The fourth-order valence-corrected chi connectivity index (χ4v) is 5.06. The first-order valence-electron chi connectivity index (χ1n) is 12.6. The monoisotopic (exact) mass is 563 g/mol. The van der Waals surface area contributed by atoms with Gasteiger partial charge in [0.1, 0.15) is 24.1 Å². The molecule has 3 aromatic rings. The van der Waals surface area contributed by atoms with Crippen molar-refractivity contribution in [2.24, 2.45) is 0 Å². The lowest BCUT2D eigenvalue weighted by Gasteiger charge is -2.38. The summed E-state index contributed by atoms with van der Waals surface area (Å²) in [6.07, 6.45) is -6.03. The van der Waals surface area contributed by atoms with Gasteiger partial charge >= 0.3 is 11.7 Å². The van der Waals surface area contributed by atoms with E-state index in [1.165, 1.54) is 9.08 Å². The molecule has 0 spiro atoms. The Kier molecular flexibility index (Phi) is 8.07. The van der Waals surface area contributed by atoms with E-state index in [-0.39, 0.29) is 16.5 Å². The van der Waals surface area contributed by atoms with Gasteiger partial charge in [0.05, 0.1) is 5.02 Å². The number of fused-ring (bicyclic) bond motifs is 1. The third-order valence-corrected chi connectivity index (χ3v) is 7.34. The van der Waals surface area contributed by atoms with Crippen molar-refractivity contribution in [1.82, 2.24) is 19.1 Å². The van der Waals surface area contributed by atoms with Crippen molar-refractivity contribution in [2.75, 3.05) is 37.6 Å². The summed E-state index contributed by atoms with van der Waals surface area (Å²) in [5.74, 6) is -1.36. The number of aromatic nitrogens is 3. The Bertz CT molecular complexity index is 1370. The number of aliphatic hydroxyl groups excluding tert-OH is 3. The Balaban J connectivity index is 1.13. The summed E-state index contributed by atoms with van der Waals surface area (Å²) >= 11 is 6.41. The number of piperazine rings is 1. The van der Waals surface area contributed by atoms with Crippen LogP contribution in [0, 0.1) is 0 Å². The third kappa shape index (κ3) is 5.73. The number of hydrogen-bond acceptors (Lipinski definition) is 10. The molecule has 5 unspecified atom stereocenters. The standard InChI is InChI=1S/C25H30ClN5O8/c26-16-14-15(5-6-17(16)38-24-21(34)19(32)20(33)22(39-24)23(35)36)29-12-10-28(11-13-29)7-3-9-31-25(37)30-8-2-1-4-18(30)27-31/h1-2,4-6,8,14,19-22,24,32-34H,3,7,9-13H2,(H,35,36). The molecular weight excluding hydrogens is 534 g/mol. The van der Waals surface area contributed by atoms with Gasteiger partial charge in [-0.25, -0.2) is 14.3 Å². The first kappa shape index (κ1) is 27.4. The molecule has 2 aromatic heterocycles. The van der Waals surface area contributed by atoms with Gasteiger partial charge in [-0.05, 0) is 36.8 Å². The molecule has 0 saturated carbocycles. The number of hydrogen-bond donors (Lipinski definition) is 4. The van der Waals surface area contributed by atoms with Crippen molar-refractivity contribution in [3.8, 4) is 5.75 Å². The van der Waals surface area contributed by atoms with Gasteiger partial charge in [0, 0.05) is 51.2 Å². The third-order valence-electron chi connectivity index (χ3n) is 7.04. The summed E-state index contributed by atoms with van der Waals surface area (Å²) in [5.41, 5.74) is 1.36. The molecule has 5 atom stereocenters. The van der Waals surface area contributed by atoms with Crippen LogP contribution < -0.4 is 15.3 Å². The van der Waals surface area contributed by atoms with E-state index in [1.54, 1.807) is 36.5 Å². The van der Waals surface area contributed by atoms with Gasteiger partial charge in [-0.3, -0.25) is 9.30 Å². The van der Waals surface area contributed by atoms with Crippen molar-refractivity contribution in [1.29, 1.82) is 0 Å². The van der Waals surface area contributed by atoms with Crippen LogP contribution in [0.3, 0.4) is 0 Å². The van der Waals surface area contributed by atoms with E-state index in [0.717, 1.165) is 44.8 Å². The lowest BCUT2D eigenvalue weighted by atomic mass is 9.99. The summed E-state index contributed by atoms with van der Waals surface area (Å²) in [4.78, 5) is 28.2. The van der Waals surface area contributed by atoms with Crippen molar-refractivity contribution in [3.05, 3.63) is 58.1 Å². The molecule has 4 N–H and O–H groups in total. The molecule has 14 heteroatoms. The van der Waals surface area contributed by atoms with Crippen LogP contribution in [0.15, 0.2) is 47.4 Å². The van der Waals surface area contributed by atoms with Gasteiger partial charge in [-0.2, -0.15) is 0 Å². The normalized spacial score (nSPS) is 26.2. The second-order valence-electron chi connectivity index (χ2n) is 9.58. The SMILES string of the molecule is O=C(O)C1OC(Oc2ccc(N3CCN(CCCn4nc5ccccn5c4=O)CC3)cc2Cl)C(O)C(O)C1O. The van der Waals surface area contributed by atoms with Crippen molar-refractivity contribution in [2.45, 2.75) is 43.7 Å². The number of ether oxygens (including phenoxy) is 2. The number of aryl methyl sites for hydroxylation is 1. The van der Waals surface area contributed by atoms with Gasteiger partial charge in [0.2, 0.25) is 6.29 Å². The number of carboxylic acids is 1. The number of carboxylic acid groups (broad SMARTS) is 1. The van der Waals surface area contributed by atoms with Gasteiger partial charge in [-0.1, -0.05) is 17.7 Å². The van der Waals surface area contributed by atoms with Gasteiger partial charge in [0.15, 0.2) is 11.8 Å². The van der Waals surface area contributed by atoms with Crippen LogP contribution in [-0.4, -0.2) is 109 Å².